The van der Waals surface area contributed by atoms with Crippen LogP contribution in [-0.2, 0) is 9.59 Å². The highest BCUT2D eigenvalue weighted by atomic mass is 32.2. The summed E-state index contributed by atoms with van der Waals surface area (Å²) in [6.07, 6.45) is 4.20. The van der Waals surface area contributed by atoms with Gasteiger partial charge in [0, 0.05) is 23.7 Å². The number of nitrogens with zero attached hydrogens (tertiary/aromatic N) is 2. The molecule has 0 N–H and O–H groups in total. The number of benzene rings is 2. The van der Waals surface area contributed by atoms with Crippen molar-refractivity contribution < 1.29 is 9.59 Å². The molecule has 5 heteroatoms. The molecule has 4 atom stereocenters. The van der Waals surface area contributed by atoms with Gasteiger partial charge in [-0.1, -0.05) is 60.7 Å². The highest BCUT2D eigenvalue weighted by molar-refractivity contribution is 7.99. The molecule has 0 radical (unpaired) electrons. The standard InChI is InChI=1S/C22H20N2O2S/c25-21-19-17(12-11-15-7-3-1-4-8-15)23-14-27-13-18(23)20(19)22(26)24(21)16-9-5-2-6-10-16/h1-12,17-20H,13-14H2/b12-11+/t17-,18-,19-,20+/m0/s1. The third kappa shape index (κ3) is 2.65. The summed E-state index contributed by atoms with van der Waals surface area (Å²) in [6, 6.07) is 19.6. The summed E-state index contributed by atoms with van der Waals surface area (Å²) < 4.78 is 0. The van der Waals surface area contributed by atoms with Gasteiger partial charge < -0.3 is 0 Å². The highest BCUT2D eigenvalue weighted by Gasteiger charge is 2.62. The molecule has 3 heterocycles. The van der Waals surface area contributed by atoms with Gasteiger partial charge in [0.1, 0.15) is 0 Å². The lowest BCUT2D eigenvalue weighted by Crippen LogP contribution is -2.42. The Morgan fingerprint density at radius 1 is 0.889 bits per heavy atom. The van der Waals surface area contributed by atoms with E-state index in [0.29, 0.717) is 5.69 Å². The molecule has 136 valence electrons. The summed E-state index contributed by atoms with van der Waals surface area (Å²) in [5, 5.41) is 0. The first-order valence-corrected chi connectivity index (χ1v) is 10.4. The van der Waals surface area contributed by atoms with E-state index in [1.54, 1.807) is 0 Å². The van der Waals surface area contributed by atoms with Crippen molar-refractivity contribution in [3.8, 4) is 0 Å². The smallest absolute Gasteiger partial charge is 0.239 e. The second-order valence-corrected chi connectivity index (χ2v) is 8.24. The van der Waals surface area contributed by atoms with Crippen molar-refractivity contribution in [2.75, 3.05) is 16.5 Å². The van der Waals surface area contributed by atoms with Crippen LogP contribution in [0.15, 0.2) is 66.7 Å². The number of carbonyl (C=O) groups excluding carboxylic acids is 2. The van der Waals surface area contributed by atoms with Gasteiger partial charge in [-0.2, -0.15) is 0 Å². The maximum Gasteiger partial charge on any atom is 0.239 e. The number of thioether (sulfide) groups is 1. The van der Waals surface area contributed by atoms with E-state index in [-0.39, 0.29) is 35.7 Å². The number of imide groups is 1. The van der Waals surface area contributed by atoms with E-state index >= 15 is 0 Å². The van der Waals surface area contributed by atoms with Crippen molar-refractivity contribution in [2.24, 2.45) is 11.8 Å². The maximum absolute atomic E-state index is 13.3. The minimum atomic E-state index is -0.288. The molecule has 0 aromatic heterocycles. The van der Waals surface area contributed by atoms with Crippen LogP contribution >= 0.6 is 11.8 Å². The Morgan fingerprint density at radius 3 is 2.30 bits per heavy atom. The normalized spacial score (nSPS) is 30.3. The molecule has 3 fully saturated rings. The molecule has 2 aromatic rings. The number of fused-ring (bicyclic) bond motifs is 3. The third-order valence-electron chi connectivity index (χ3n) is 5.82. The van der Waals surface area contributed by atoms with E-state index in [2.05, 4.69) is 29.2 Å². The Morgan fingerprint density at radius 2 is 1.56 bits per heavy atom. The van der Waals surface area contributed by atoms with Crippen LogP contribution in [0.1, 0.15) is 5.56 Å². The number of rotatable bonds is 3. The Labute approximate surface area is 162 Å². The van der Waals surface area contributed by atoms with E-state index in [0.717, 1.165) is 17.2 Å². The molecule has 27 heavy (non-hydrogen) atoms. The maximum atomic E-state index is 13.3. The van der Waals surface area contributed by atoms with Crippen LogP contribution in [0, 0.1) is 11.8 Å². The van der Waals surface area contributed by atoms with Crippen molar-refractivity contribution >= 4 is 35.3 Å². The fourth-order valence-corrected chi connectivity index (χ4v) is 5.93. The molecule has 3 aliphatic rings. The summed E-state index contributed by atoms with van der Waals surface area (Å²) >= 11 is 1.85. The van der Waals surface area contributed by atoms with E-state index in [1.807, 2.05) is 60.3 Å². The molecule has 2 aromatic carbocycles. The average Bonchev–Trinajstić information content (AvgIpc) is 3.34. The van der Waals surface area contributed by atoms with Crippen LogP contribution in [0.2, 0.25) is 0 Å². The average molecular weight is 376 g/mol. The molecule has 0 unspecified atom stereocenters. The van der Waals surface area contributed by atoms with Gasteiger partial charge in [0.15, 0.2) is 0 Å². The zero-order chi connectivity index (χ0) is 18.4. The SMILES string of the molecule is O=C1[C@@H]2[C@H](C(=O)N1c1ccccc1)[C@@H]1CSCN1[C@H]2/C=C/c1ccccc1. The van der Waals surface area contributed by atoms with E-state index in [4.69, 9.17) is 0 Å². The lowest BCUT2D eigenvalue weighted by Gasteiger charge is -2.25. The fourth-order valence-electron chi connectivity index (χ4n) is 4.61. The molecule has 3 saturated heterocycles. The monoisotopic (exact) mass is 376 g/mol. The van der Waals surface area contributed by atoms with Gasteiger partial charge in [-0.15, -0.1) is 11.8 Å². The van der Waals surface area contributed by atoms with Crippen molar-refractivity contribution in [1.29, 1.82) is 0 Å². The first kappa shape index (κ1) is 16.8. The Bertz CT molecular complexity index is 899. The number of para-hydroxylation sites is 1. The van der Waals surface area contributed by atoms with Crippen molar-refractivity contribution in [3.63, 3.8) is 0 Å². The number of hydrogen-bond donors (Lipinski definition) is 0. The van der Waals surface area contributed by atoms with Crippen LogP contribution in [0.4, 0.5) is 5.69 Å². The highest BCUT2D eigenvalue weighted by Crippen LogP contribution is 2.48. The van der Waals surface area contributed by atoms with Crippen LogP contribution in [0.5, 0.6) is 0 Å². The Hall–Kier alpha value is -2.37. The molecule has 4 nitrogen and oxygen atoms in total. The number of hydrogen-bond acceptors (Lipinski definition) is 4. The van der Waals surface area contributed by atoms with Crippen LogP contribution in [0.25, 0.3) is 6.08 Å². The minimum Gasteiger partial charge on any atom is -0.282 e. The summed E-state index contributed by atoms with van der Waals surface area (Å²) in [5.41, 5.74) is 1.80. The third-order valence-corrected chi connectivity index (χ3v) is 6.88. The molecular formula is C22H20N2O2S. The summed E-state index contributed by atoms with van der Waals surface area (Å²) in [7, 11) is 0. The first-order valence-electron chi connectivity index (χ1n) is 9.25. The zero-order valence-electron chi connectivity index (χ0n) is 14.8. The summed E-state index contributed by atoms with van der Waals surface area (Å²) in [6.45, 7) is 0. The fraction of sp³-hybridized carbons (Fsp3) is 0.273. The summed E-state index contributed by atoms with van der Waals surface area (Å²) in [5.74, 6) is 1.18. The molecule has 5 rings (SSSR count). The van der Waals surface area contributed by atoms with Gasteiger partial charge >= 0.3 is 0 Å². The molecule has 0 bridgehead atoms. The Kier molecular flexibility index (Phi) is 4.14. The lowest BCUT2D eigenvalue weighted by molar-refractivity contribution is -0.123. The van der Waals surface area contributed by atoms with E-state index in [1.165, 1.54) is 4.90 Å². The van der Waals surface area contributed by atoms with Gasteiger partial charge in [-0.3, -0.25) is 14.5 Å². The first-order chi connectivity index (χ1) is 13.3. The second kappa shape index (κ2) is 6.66. The van der Waals surface area contributed by atoms with Crippen molar-refractivity contribution in [2.45, 2.75) is 12.1 Å². The Balaban J connectivity index is 1.51. The quantitative estimate of drug-likeness (QED) is 0.771. The number of carbonyl (C=O) groups is 2. The summed E-state index contributed by atoms with van der Waals surface area (Å²) in [4.78, 5) is 30.3. The molecule has 0 aliphatic carbocycles. The van der Waals surface area contributed by atoms with Gasteiger partial charge in [0.05, 0.1) is 17.5 Å². The van der Waals surface area contributed by atoms with E-state index < -0.39 is 0 Å². The zero-order valence-corrected chi connectivity index (χ0v) is 15.6. The van der Waals surface area contributed by atoms with Crippen LogP contribution < -0.4 is 4.90 Å². The predicted molar refractivity (Wildman–Crippen MR) is 108 cm³/mol. The largest absolute Gasteiger partial charge is 0.282 e. The molecule has 2 amide bonds. The van der Waals surface area contributed by atoms with E-state index in [9.17, 15) is 9.59 Å². The van der Waals surface area contributed by atoms with Crippen LogP contribution in [-0.4, -0.2) is 40.4 Å². The van der Waals surface area contributed by atoms with Crippen molar-refractivity contribution in [3.05, 3.63) is 72.3 Å². The minimum absolute atomic E-state index is 0.0274. The lowest BCUT2D eigenvalue weighted by atomic mass is 9.89. The van der Waals surface area contributed by atoms with Gasteiger partial charge in [-0.05, 0) is 17.7 Å². The van der Waals surface area contributed by atoms with Crippen LogP contribution in [0.3, 0.4) is 0 Å². The van der Waals surface area contributed by atoms with Gasteiger partial charge in [-0.25, -0.2) is 4.90 Å². The molecule has 3 aliphatic heterocycles. The molecular weight excluding hydrogens is 356 g/mol. The molecule has 0 saturated carbocycles. The van der Waals surface area contributed by atoms with Gasteiger partial charge in [0.2, 0.25) is 11.8 Å². The second-order valence-electron chi connectivity index (χ2n) is 7.24. The predicted octanol–water partition coefficient (Wildman–Crippen LogP) is 3.26. The topological polar surface area (TPSA) is 40.6 Å². The number of anilines is 1. The van der Waals surface area contributed by atoms with Crippen molar-refractivity contribution in [1.82, 2.24) is 4.90 Å². The molecule has 0 spiro atoms. The van der Waals surface area contributed by atoms with Gasteiger partial charge in [0.25, 0.3) is 0 Å². The number of amides is 2.